The van der Waals surface area contributed by atoms with Gasteiger partial charge in [-0.2, -0.15) is 0 Å². The van der Waals surface area contributed by atoms with Crippen molar-refractivity contribution in [3.63, 3.8) is 0 Å². The van der Waals surface area contributed by atoms with E-state index in [9.17, 15) is 9.59 Å². The Kier molecular flexibility index (Phi) is 6.97. The fourth-order valence-electron chi connectivity index (χ4n) is 2.26. The number of halogens is 1. The fraction of sp³-hybridized carbons (Fsp3) is 0.222. The van der Waals surface area contributed by atoms with Crippen LogP contribution in [0.1, 0.15) is 0 Å². The molecule has 0 saturated heterocycles. The molecule has 2 aromatic carbocycles. The first-order chi connectivity index (χ1) is 12.0. The Bertz CT molecular complexity index is 735. The number of benzene rings is 2. The highest BCUT2D eigenvalue weighted by atomic mass is 79.9. The zero-order valence-corrected chi connectivity index (χ0v) is 15.7. The molecule has 0 heterocycles. The number of amides is 2. The number of likely N-dealkylation sites (N-methyl/N-ethyl adjacent to an activating group) is 1. The second kappa shape index (κ2) is 9.19. The molecule has 0 aliphatic rings. The van der Waals surface area contributed by atoms with E-state index in [4.69, 9.17) is 4.74 Å². The van der Waals surface area contributed by atoms with Crippen LogP contribution < -0.4 is 20.3 Å². The van der Waals surface area contributed by atoms with E-state index in [-0.39, 0.29) is 24.9 Å². The molecule has 0 bridgehead atoms. The van der Waals surface area contributed by atoms with Gasteiger partial charge in [-0.25, -0.2) is 0 Å². The SMILES string of the molecule is COc1cccc(NC(=O)C[NH+](C)CC(=O)Nc2ccc(Br)cc2)c1. The molecule has 6 nitrogen and oxygen atoms in total. The summed E-state index contributed by atoms with van der Waals surface area (Å²) in [4.78, 5) is 24.9. The van der Waals surface area contributed by atoms with Crippen molar-refractivity contribution < 1.29 is 19.2 Å². The van der Waals surface area contributed by atoms with Gasteiger partial charge < -0.3 is 20.3 Å². The number of quaternary nitrogens is 1. The topological polar surface area (TPSA) is 71.9 Å². The van der Waals surface area contributed by atoms with E-state index in [1.807, 2.05) is 24.3 Å². The lowest BCUT2D eigenvalue weighted by Crippen LogP contribution is -3.11. The highest BCUT2D eigenvalue weighted by molar-refractivity contribution is 9.10. The van der Waals surface area contributed by atoms with Gasteiger partial charge in [0.1, 0.15) is 5.75 Å². The van der Waals surface area contributed by atoms with Crippen LogP contribution in [0.15, 0.2) is 53.0 Å². The Morgan fingerprint density at radius 3 is 2.20 bits per heavy atom. The Balaban J connectivity index is 1.80. The Labute approximate surface area is 155 Å². The summed E-state index contributed by atoms with van der Waals surface area (Å²) in [6.07, 6.45) is 0. The van der Waals surface area contributed by atoms with E-state index < -0.39 is 0 Å². The highest BCUT2D eigenvalue weighted by Gasteiger charge is 2.14. The zero-order chi connectivity index (χ0) is 18.2. The first kappa shape index (κ1) is 19.0. The average Bonchev–Trinajstić information content (AvgIpc) is 2.56. The van der Waals surface area contributed by atoms with Crippen LogP contribution in [0.4, 0.5) is 11.4 Å². The smallest absolute Gasteiger partial charge is 0.279 e. The standard InChI is InChI=1S/C18H20BrN3O3/c1-22(11-17(23)20-14-8-6-13(19)7-9-14)12-18(24)21-15-4-3-5-16(10-15)25-2/h3-10H,11-12H2,1-2H3,(H,20,23)(H,21,24)/p+1. The van der Waals surface area contributed by atoms with Gasteiger partial charge in [0.2, 0.25) is 0 Å². The molecule has 2 rings (SSSR count). The van der Waals surface area contributed by atoms with Gasteiger partial charge >= 0.3 is 0 Å². The minimum absolute atomic E-state index is 0.144. The number of carbonyl (C=O) groups excluding carboxylic acids is 2. The maximum absolute atomic E-state index is 12.1. The highest BCUT2D eigenvalue weighted by Crippen LogP contribution is 2.16. The molecule has 0 aliphatic heterocycles. The lowest BCUT2D eigenvalue weighted by atomic mass is 10.3. The number of hydrogen-bond acceptors (Lipinski definition) is 3. The largest absolute Gasteiger partial charge is 0.497 e. The van der Waals surface area contributed by atoms with Crippen LogP contribution in [0.25, 0.3) is 0 Å². The lowest BCUT2D eigenvalue weighted by molar-refractivity contribution is -0.862. The van der Waals surface area contributed by atoms with E-state index in [1.165, 1.54) is 0 Å². The van der Waals surface area contributed by atoms with Gasteiger partial charge in [0.05, 0.1) is 14.2 Å². The van der Waals surface area contributed by atoms with Crippen molar-refractivity contribution in [3.8, 4) is 5.75 Å². The molecule has 3 N–H and O–H groups in total. The van der Waals surface area contributed by atoms with Gasteiger partial charge in [-0.1, -0.05) is 22.0 Å². The molecule has 132 valence electrons. The quantitative estimate of drug-likeness (QED) is 0.653. The van der Waals surface area contributed by atoms with E-state index >= 15 is 0 Å². The minimum atomic E-state index is -0.165. The fourth-order valence-corrected chi connectivity index (χ4v) is 2.52. The molecule has 0 fully saturated rings. The van der Waals surface area contributed by atoms with Gasteiger partial charge in [0.25, 0.3) is 11.8 Å². The van der Waals surface area contributed by atoms with Gasteiger partial charge in [-0.05, 0) is 36.4 Å². The van der Waals surface area contributed by atoms with Crippen LogP contribution in [0, 0.1) is 0 Å². The summed E-state index contributed by atoms with van der Waals surface area (Å²) in [6, 6.07) is 14.5. The number of methoxy groups -OCH3 is 1. The normalized spacial score (nSPS) is 11.5. The van der Waals surface area contributed by atoms with E-state index in [2.05, 4.69) is 26.6 Å². The lowest BCUT2D eigenvalue weighted by Gasteiger charge is -2.14. The molecule has 0 radical (unpaired) electrons. The first-order valence-corrected chi connectivity index (χ1v) is 8.56. The van der Waals surface area contributed by atoms with Crippen LogP contribution in [0.2, 0.25) is 0 Å². The molecule has 2 aromatic rings. The number of ether oxygens (including phenoxy) is 1. The molecule has 0 aromatic heterocycles. The summed E-state index contributed by atoms with van der Waals surface area (Å²) in [7, 11) is 3.37. The summed E-state index contributed by atoms with van der Waals surface area (Å²) < 4.78 is 6.07. The second-order valence-corrected chi connectivity index (χ2v) is 6.56. The Hall–Kier alpha value is -2.38. The van der Waals surface area contributed by atoms with Crippen LogP contribution in [-0.4, -0.2) is 39.1 Å². The predicted molar refractivity (Wildman–Crippen MR) is 101 cm³/mol. The summed E-state index contributed by atoms with van der Waals surface area (Å²) >= 11 is 3.35. The molecule has 1 atom stereocenters. The van der Waals surface area contributed by atoms with Gasteiger partial charge in [0.15, 0.2) is 13.1 Å². The molecule has 2 amide bonds. The third-order valence-electron chi connectivity index (χ3n) is 3.41. The molecule has 1 unspecified atom stereocenters. The molecular weight excluding hydrogens is 386 g/mol. The van der Waals surface area contributed by atoms with E-state index in [0.29, 0.717) is 11.4 Å². The minimum Gasteiger partial charge on any atom is -0.497 e. The molecule has 0 spiro atoms. The summed E-state index contributed by atoms with van der Waals surface area (Å²) in [5.41, 5.74) is 1.39. The third kappa shape index (κ3) is 6.56. The van der Waals surface area contributed by atoms with E-state index in [0.717, 1.165) is 15.1 Å². The summed E-state index contributed by atoms with van der Waals surface area (Å²) in [5.74, 6) is 0.364. The van der Waals surface area contributed by atoms with E-state index in [1.54, 1.807) is 38.4 Å². The maximum atomic E-state index is 12.1. The number of carbonyl (C=O) groups is 2. The third-order valence-corrected chi connectivity index (χ3v) is 3.93. The van der Waals surface area contributed by atoms with Crippen molar-refractivity contribution in [3.05, 3.63) is 53.0 Å². The summed E-state index contributed by atoms with van der Waals surface area (Å²) in [6.45, 7) is 0.382. The van der Waals surface area contributed by atoms with Gasteiger partial charge in [0, 0.05) is 21.9 Å². The Morgan fingerprint density at radius 2 is 1.60 bits per heavy atom. The van der Waals surface area contributed by atoms with Crippen LogP contribution in [0.5, 0.6) is 5.75 Å². The first-order valence-electron chi connectivity index (χ1n) is 7.77. The van der Waals surface area contributed by atoms with Crippen molar-refractivity contribution in [2.24, 2.45) is 0 Å². The molecule has 7 heteroatoms. The molecule has 0 aliphatic carbocycles. The van der Waals surface area contributed by atoms with Crippen molar-refractivity contribution in [1.82, 2.24) is 0 Å². The molecule has 25 heavy (non-hydrogen) atoms. The summed E-state index contributed by atoms with van der Waals surface area (Å²) in [5, 5.41) is 5.61. The van der Waals surface area contributed by atoms with Crippen molar-refractivity contribution in [1.29, 1.82) is 0 Å². The zero-order valence-electron chi connectivity index (χ0n) is 14.1. The number of rotatable bonds is 7. The molecule has 0 saturated carbocycles. The number of nitrogens with one attached hydrogen (secondary N) is 3. The number of hydrogen-bond donors (Lipinski definition) is 3. The van der Waals surface area contributed by atoms with Crippen LogP contribution in [-0.2, 0) is 9.59 Å². The van der Waals surface area contributed by atoms with Crippen LogP contribution in [0.3, 0.4) is 0 Å². The van der Waals surface area contributed by atoms with Crippen LogP contribution >= 0.6 is 15.9 Å². The molecular formula is C18H21BrN3O3+. The maximum Gasteiger partial charge on any atom is 0.279 e. The average molecular weight is 407 g/mol. The van der Waals surface area contributed by atoms with Gasteiger partial charge in [-0.15, -0.1) is 0 Å². The predicted octanol–water partition coefficient (Wildman–Crippen LogP) is 1.55. The Morgan fingerprint density at radius 1 is 1.00 bits per heavy atom. The number of anilines is 2. The van der Waals surface area contributed by atoms with Gasteiger partial charge in [-0.3, -0.25) is 9.59 Å². The van der Waals surface area contributed by atoms with Crippen molar-refractivity contribution in [2.75, 3.05) is 37.9 Å². The monoisotopic (exact) mass is 406 g/mol. The second-order valence-electron chi connectivity index (χ2n) is 5.65. The van der Waals surface area contributed by atoms with Crippen molar-refractivity contribution in [2.45, 2.75) is 0 Å². The van der Waals surface area contributed by atoms with Crippen molar-refractivity contribution >= 4 is 39.1 Å².